The van der Waals surface area contributed by atoms with Crippen LogP contribution in [0.25, 0.3) is 10.9 Å². The van der Waals surface area contributed by atoms with Crippen LogP contribution in [0.2, 0.25) is 0 Å². The molecule has 0 aliphatic heterocycles. The van der Waals surface area contributed by atoms with Crippen LogP contribution in [0.15, 0.2) is 30.3 Å². The minimum absolute atomic E-state index is 0.364. The second kappa shape index (κ2) is 6.86. The second-order valence-electron chi connectivity index (χ2n) is 5.40. The van der Waals surface area contributed by atoms with E-state index in [1.54, 1.807) is 18.2 Å². The molecule has 7 heteroatoms. The van der Waals surface area contributed by atoms with Crippen molar-refractivity contribution >= 4 is 33.7 Å². The summed E-state index contributed by atoms with van der Waals surface area (Å²) in [5.74, 6) is 0.945. The molecule has 1 unspecified atom stereocenters. The van der Waals surface area contributed by atoms with Crippen molar-refractivity contribution in [2.45, 2.75) is 6.92 Å². The van der Waals surface area contributed by atoms with Gasteiger partial charge in [-0.25, -0.2) is 0 Å². The standard InChI is InChI=1S/C18H18FNO4Se/c1-10-18(13-7-11(19)5-6-14(13)20-10)25(21)12-8-15(22-2)17(24-4)16(9-12)23-3/h5-9,20H,1-4H3. The Labute approximate surface area is 148 Å². The Hall–Kier alpha value is -2.37. The van der Waals surface area contributed by atoms with Gasteiger partial charge < -0.3 is 0 Å². The summed E-state index contributed by atoms with van der Waals surface area (Å²) < 4.78 is 44.1. The monoisotopic (exact) mass is 411 g/mol. The van der Waals surface area contributed by atoms with Crippen LogP contribution in [0.5, 0.6) is 17.2 Å². The Morgan fingerprint density at radius 3 is 2.20 bits per heavy atom. The molecule has 3 aromatic rings. The van der Waals surface area contributed by atoms with Crippen molar-refractivity contribution < 1.29 is 22.4 Å². The molecule has 1 aromatic heterocycles. The van der Waals surface area contributed by atoms with Gasteiger partial charge in [-0.2, -0.15) is 0 Å². The van der Waals surface area contributed by atoms with Crippen LogP contribution >= 0.6 is 0 Å². The molecule has 1 N–H and O–H groups in total. The second-order valence-corrected chi connectivity index (χ2v) is 8.37. The molecular formula is C18H18FNO4Se. The molecule has 0 bridgehead atoms. The zero-order valence-electron chi connectivity index (χ0n) is 14.3. The van der Waals surface area contributed by atoms with Crippen LogP contribution in [0, 0.1) is 12.7 Å². The van der Waals surface area contributed by atoms with Gasteiger partial charge in [0.15, 0.2) is 0 Å². The average molecular weight is 410 g/mol. The number of aromatic amines is 1. The number of halogens is 1. The Bertz CT molecular complexity index is 942. The van der Waals surface area contributed by atoms with Crippen molar-refractivity contribution in [1.29, 1.82) is 0 Å². The normalized spacial score (nSPS) is 12.2. The van der Waals surface area contributed by atoms with E-state index in [9.17, 15) is 8.23 Å². The molecule has 0 fully saturated rings. The predicted octanol–water partition coefficient (Wildman–Crippen LogP) is 2.18. The van der Waals surface area contributed by atoms with Crippen molar-refractivity contribution in [2.24, 2.45) is 0 Å². The third kappa shape index (κ3) is 3.01. The summed E-state index contributed by atoms with van der Waals surface area (Å²) in [5, 5.41) is 0.631. The zero-order chi connectivity index (χ0) is 18.1. The van der Waals surface area contributed by atoms with Gasteiger partial charge in [0.05, 0.1) is 0 Å². The number of aryl methyl sites for hydroxylation is 1. The first-order valence-electron chi connectivity index (χ1n) is 7.49. The molecule has 1 atom stereocenters. The third-order valence-corrected chi connectivity index (χ3v) is 7.20. The number of methoxy groups -OCH3 is 3. The van der Waals surface area contributed by atoms with Gasteiger partial charge in [0.2, 0.25) is 0 Å². The predicted molar refractivity (Wildman–Crippen MR) is 94.8 cm³/mol. The fourth-order valence-electron chi connectivity index (χ4n) is 2.79. The molecule has 0 saturated heterocycles. The van der Waals surface area contributed by atoms with Crippen molar-refractivity contribution in [2.75, 3.05) is 21.3 Å². The first-order valence-corrected chi connectivity index (χ1v) is 9.91. The number of rotatable bonds is 5. The van der Waals surface area contributed by atoms with E-state index in [1.807, 2.05) is 6.92 Å². The summed E-state index contributed by atoms with van der Waals surface area (Å²) in [4.78, 5) is 3.16. The van der Waals surface area contributed by atoms with Crippen molar-refractivity contribution in [3.05, 3.63) is 41.8 Å². The summed E-state index contributed by atoms with van der Waals surface area (Å²) >= 11 is -2.70. The van der Waals surface area contributed by atoms with Crippen LogP contribution < -0.4 is 23.1 Å². The molecule has 1 heterocycles. The van der Waals surface area contributed by atoms with Crippen LogP contribution in [-0.4, -0.2) is 40.1 Å². The molecule has 5 nitrogen and oxygen atoms in total. The number of hydrogen-bond donors (Lipinski definition) is 1. The Morgan fingerprint density at radius 1 is 1.00 bits per heavy atom. The van der Waals surface area contributed by atoms with Gasteiger partial charge in [0, 0.05) is 0 Å². The summed E-state index contributed by atoms with van der Waals surface area (Å²) in [5.41, 5.74) is 1.51. The minimum atomic E-state index is -2.70. The Morgan fingerprint density at radius 2 is 1.64 bits per heavy atom. The maximum absolute atomic E-state index is 13.7. The molecular weight excluding hydrogens is 392 g/mol. The molecule has 0 saturated carbocycles. The number of ether oxygens (including phenoxy) is 3. The van der Waals surface area contributed by atoms with E-state index in [0.29, 0.717) is 31.6 Å². The first kappa shape index (κ1) is 17.5. The van der Waals surface area contributed by atoms with Crippen LogP contribution in [0.3, 0.4) is 0 Å². The summed E-state index contributed by atoms with van der Waals surface area (Å²) in [6, 6.07) is 7.78. The van der Waals surface area contributed by atoms with Gasteiger partial charge in [-0.05, 0) is 0 Å². The zero-order valence-corrected chi connectivity index (χ0v) is 16.0. The molecule has 0 spiro atoms. The average Bonchev–Trinajstić information content (AvgIpc) is 2.94. The molecule has 3 rings (SSSR count). The van der Waals surface area contributed by atoms with E-state index in [-0.39, 0.29) is 5.82 Å². The topological polar surface area (TPSA) is 60.6 Å². The molecule has 0 aliphatic rings. The Kier molecular flexibility index (Phi) is 4.79. The van der Waals surface area contributed by atoms with Crippen molar-refractivity contribution in [3.8, 4) is 17.2 Å². The molecule has 2 aromatic carbocycles. The number of hydrogen-bond acceptors (Lipinski definition) is 4. The van der Waals surface area contributed by atoms with Crippen molar-refractivity contribution in [3.63, 3.8) is 0 Å². The maximum atomic E-state index is 13.7. The van der Waals surface area contributed by atoms with E-state index < -0.39 is 13.8 Å². The van der Waals surface area contributed by atoms with E-state index in [2.05, 4.69) is 4.98 Å². The SMILES string of the molecule is COc1cc([Se](=O)c2c(C)[nH]c3ccc(F)cc23)cc(OC)c1OC. The fourth-order valence-corrected chi connectivity index (χ4v) is 5.65. The van der Waals surface area contributed by atoms with Crippen LogP contribution in [0.4, 0.5) is 4.39 Å². The fraction of sp³-hybridized carbons (Fsp3) is 0.222. The van der Waals surface area contributed by atoms with E-state index in [1.165, 1.54) is 33.5 Å². The molecule has 0 amide bonds. The molecule has 132 valence electrons. The van der Waals surface area contributed by atoms with Crippen molar-refractivity contribution in [1.82, 2.24) is 4.98 Å². The van der Waals surface area contributed by atoms with Gasteiger partial charge in [0.1, 0.15) is 0 Å². The summed E-state index contributed by atoms with van der Waals surface area (Å²) in [6.07, 6.45) is 0. The molecule has 0 aliphatic carbocycles. The van der Waals surface area contributed by atoms with Gasteiger partial charge >= 0.3 is 148 Å². The van der Waals surface area contributed by atoms with E-state index in [0.717, 1.165) is 11.2 Å². The summed E-state index contributed by atoms with van der Waals surface area (Å²) in [6.45, 7) is 1.83. The number of fused-ring (bicyclic) bond motifs is 1. The van der Waals surface area contributed by atoms with Gasteiger partial charge in [-0.1, -0.05) is 0 Å². The Balaban J connectivity index is 2.19. The number of H-pyrrole nitrogens is 1. The van der Waals surface area contributed by atoms with Gasteiger partial charge in [-0.3, -0.25) is 0 Å². The summed E-state index contributed by atoms with van der Waals surface area (Å²) in [7, 11) is 4.53. The molecule has 25 heavy (non-hydrogen) atoms. The number of aromatic nitrogens is 1. The van der Waals surface area contributed by atoms with Crippen LogP contribution in [0.1, 0.15) is 5.69 Å². The number of nitrogens with one attached hydrogen (secondary N) is 1. The quantitative estimate of drug-likeness (QED) is 0.656. The van der Waals surface area contributed by atoms with Crippen LogP contribution in [-0.2, 0) is 3.83 Å². The van der Waals surface area contributed by atoms with Gasteiger partial charge in [0.25, 0.3) is 0 Å². The van der Waals surface area contributed by atoms with E-state index in [4.69, 9.17) is 14.2 Å². The van der Waals surface area contributed by atoms with Gasteiger partial charge in [-0.15, -0.1) is 0 Å². The number of benzene rings is 2. The van der Waals surface area contributed by atoms with E-state index >= 15 is 0 Å². The molecule has 0 radical (unpaired) electrons. The first-order chi connectivity index (χ1) is 12.0. The third-order valence-electron chi connectivity index (χ3n) is 3.93.